The molecule has 92 valence electrons. The van der Waals surface area contributed by atoms with E-state index in [9.17, 15) is 4.79 Å². The van der Waals surface area contributed by atoms with Crippen LogP contribution in [0.3, 0.4) is 0 Å². The first-order valence-corrected chi connectivity index (χ1v) is 5.86. The number of allylic oxidation sites excluding steroid dienone is 1. The van der Waals surface area contributed by atoms with Crippen molar-refractivity contribution < 1.29 is 9.21 Å². The lowest BCUT2D eigenvalue weighted by atomic mass is 10.1. The number of hydrogen-bond donors (Lipinski definition) is 0. The third kappa shape index (κ3) is 2.87. The summed E-state index contributed by atoms with van der Waals surface area (Å²) in [6.45, 7) is 3.46. The van der Waals surface area contributed by atoms with Gasteiger partial charge in [0.2, 0.25) is 5.78 Å². The molecule has 0 atom stereocenters. The maximum Gasteiger partial charge on any atom is 0.223 e. The van der Waals surface area contributed by atoms with Crippen molar-refractivity contribution in [3.8, 4) is 0 Å². The van der Waals surface area contributed by atoms with Gasteiger partial charge < -0.3 is 4.42 Å². The first-order chi connectivity index (χ1) is 8.56. The summed E-state index contributed by atoms with van der Waals surface area (Å²) in [6.07, 6.45) is 3.19. The van der Waals surface area contributed by atoms with E-state index < -0.39 is 0 Å². The van der Waals surface area contributed by atoms with Crippen molar-refractivity contribution in [3.05, 3.63) is 58.3 Å². The zero-order valence-electron chi connectivity index (χ0n) is 10.1. The molecule has 2 aromatic rings. The molecule has 0 aliphatic carbocycles. The Labute approximate surface area is 110 Å². The number of aryl methyl sites for hydroxylation is 2. The van der Waals surface area contributed by atoms with Crippen molar-refractivity contribution in [2.24, 2.45) is 0 Å². The number of ketones is 1. The van der Waals surface area contributed by atoms with Gasteiger partial charge in [0.05, 0.1) is 5.69 Å². The summed E-state index contributed by atoms with van der Waals surface area (Å²) in [5, 5.41) is 0.667. The van der Waals surface area contributed by atoms with Crippen molar-refractivity contribution >= 4 is 23.5 Å². The third-order valence-electron chi connectivity index (χ3n) is 2.42. The minimum Gasteiger partial charge on any atom is -0.437 e. The van der Waals surface area contributed by atoms with E-state index in [4.69, 9.17) is 16.0 Å². The molecule has 0 saturated heterocycles. The monoisotopic (exact) mass is 261 g/mol. The van der Waals surface area contributed by atoms with E-state index >= 15 is 0 Å². The minimum atomic E-state index is -0.192. The summed E-state index contributed by atoms with van der Waals surface area (Å²) in [5.41, 5.74) is 1.51. The number of hydrogen-bond acceptors (Lipinski definition) is 3. The number of benzene rings is 1. The van der Waals surface area contributed by atoms with Gasteiger partial charge >= 0.3 is 0 Å². The van der Waals surface area contributed by atoms with Gasteiger partial charge in [-0.2, -0.15) is 0 Å². The van der Waals surface area contributed by atoms with Crippen molar-refractivity contribution in [2.45, 2.75) is 13.8 Å². The van der Waals surface area contributed by atoms with Gasteiger partial charge in [0.1, 0.15) is 0 Å². The highest BCUT2D eigenvalue weighted by Gasteiger charge is 2.12. The number of aromatic nitrogens is 1. The molecule has 0 fully saturated rings. The molecule has 0 radical (unpaired) electrons. The minimum absolute atomic E-state index is 0.192. The van der Waals surface area contributed by atoms with E-state index in [-0.39, 0.29) is 11.5 Å². The van der Waals surface area contributed by atoms with Crippen molar-refractivity contribution in [3.63, 3.8) is 0 Å². The maximum atomic E-state index is 11.9. The van der Waals surface area contributed by atoms with Gasteiger partial charge in [-0.25, -0.2) is 4.98 Å². The summed E-state index contributed by atoms with van der Waals surface area (Å²) in [6, 6.07) is 7.22. The summed E-state index contributed by atoms with van der Waals surface area (Å²) >= 11 is 5.78. The summed E-state index contributed by atoms with van der Waals surface area (Å²) in [4.78, 5) is 15.9. The SMILES string of the molecule is Cc1nc(C)c(C(=O)C=Cc2ccc(Cl)cc2)o1. The smallest absolute Gasteiger partial charge is 0.223 e. The second-order valence-electron chi connectivity index (χ2n) is 3.90. The second-order valence-corrected chi connectivity index (χ2v) is 4.33. The molecule has 0 saturated carbocycles. The Morgan fingerprint density at radius 1 is 1.28 bits per heavy atom. The third-order valence-corrected chi connectivity index (χ3v) is 2.68. The lowest BCUT2D eigenvalue weighted by molar-refractivity contribution is 0.102. The highest BCUT2D eigenvalue weighted by atomic mass is 35.5. The van der Waals surface area contributed by atoms with Gasteiger partial charge in [0.15, 0.2) is 11.7 Å². The molecule has 18 heavy (non-hydrogen) atoms. The fourth-order valence-electron chi connectivity index (χ4n) is 1.58. The van der Waals surface area contributed by atoms with Crippen LogP contribution in [0.2, 0.25) is 5.02 Å². The Balaban J connectivity index is 2.16. The van der Waals surface area contributed by atoms with Crippen molar-refractivity contribution in [2.75, 3.05) is 0 Å². The van der Waals surface area contributed by atoms with Crippen molar-refractivity contribution in [1.82, 2.24) is 4.98 Å². The molecular formula is C14H12ClNO2. The quantitative estimate of drug-likeness (QED) is 0.623. The number of nitrogens with zero attached hydrogens (tertiary/aromatic N) is 1. The average Bonchev–Trinajstić information content (AvgIpc) is 2.67. The number of rotatable bonds is 3. The summed E-state index contributed by atoms with van der Waals surface area (Å²) in [5.74, 6) is 0.594. The van der Waals surface area contributed by atoms with Crippen molar-refractivity contribution in [1.29, 1.82) is 0 Å². The molecular weight excluding hydrogens is 250 g/mol. The van der Waals surface area contributed by atoms with Crippen LogP contribution in [-0.4, -0.2) is 10.8 Å². The Hall–Kier alpha value is -1.87. The normalized spacial score (nSPS) is 11.1. The van der Waals surface area contributed by atoms with E-state index in [1.54, 1.807) is 32.1 Å². The maximum absolute atomic E-state index is 11.9. The molecule has 0 unspecified atom stereocenters. The summed E-state index contributed by atoms with van der Waals surface area (Å²) in [7, 11) is 0. The molecule has 0 N–H and O–H groups in total. The highest BCUT2D eigenvalue weighted by Crippen LogP contribution is 2.13. The van der Waals surface area contributed by atoms with Gasteiger partial charge in [-0.15, -0.1) is 0 Å². The molecule has 0 spiro atoms. The predicted molar refractivity (Wildman–Crippen MR) is 70.8 cm³/mol. The first-order valence-electron chi connectivity index (χ1n) is 5.48. The molecule has 2 rings (SSSR count). The number of carbonyl (C=O) groups is 1. The standard InChI is InChI=1S/C14H12ClNO2/c1-9-14(18-10(2)16-9)13(17)8-5-11-3-6-12(15)7-4-11/h3-8H,1-2H3. The molecule has 0 amide bonds. The highest BCUT2D eigenvalue weighted by molar-refractivity contribution is 6.30. The molecule has 0 bridgehead atoms. The average molecular weight is 262 g/mol. The van der Waals surface area contributed by atoms with E-state index in [2.05, 4.69) is 4.98 Å². The van der Waals surface area contributed by atoms with Crippen LogP contribution >= 0.6 is 11.6 Å². The predicted octanol–water partition coefficient (Wildman–Crippen LogP) is 3.84. The molecule has 1 aromatic carbocycles. The Morgan fingerprint density at radius 2 is 1.94 bits per heavy atom. The van der Waals surface area contributed by atoms with Crippen LogP contribution in [0.15, 0.2) is 34.8 Å². The number of halogens is 1. The number of oxazole rings is 1. The van der Waals surface area contributed by atoms with Crippen LogP contribution in [0.5, 0.6) is 0 Å². The van der Waals surface area contributed by atoms with Crippen LogP contribution < -0.4 is 0 Å². The van der Waals surface area contributed by atoms with Gasteiger partial charge in [-0.1, -0.05) is 29.8 Å². The number of carbonyl (C=O) groups excluding carboxylic acids is 1. The van der Waals surface area contributed by atoms with E-state index in [0.29, 0.717) is 16.6 Å². The van der Waals surface area contributed by atoms with Gasteiger partial charge in [-0.3, -0.25) is 4.79 Å². The van der Waals surface area contributed by atoms with Gasteiger partial charge in [0, 0.05) is 11.9 Å². The second kappa shape index (κ2) is 5.19. The Bertz CT molecular complexity index is 597. The van der Waals surface area contributed by atoms with Crippen LogP contribution in [0.4, 0.5) is 0 Å². The fourth-order valence-corrected chi connectivity index (χ4v) is 1.71. The van der Waals surface area contributed by atoms with E-state index in [0.717, 1.165) is 5.56 Å². The van der Waals surface area contributed by atoms with Gasteiger partial charge in [-0.05, 0) is 30.7 Å². The molecule has 3 nitrogen and oxygen atoms in total. The zero-order chi connectivity index (χ0) is 13.1. The first kappa shape index (κ1) is 12.6. The van der Waals surface area contributed by atoms with Crippen LogP contribution in [0, 0.1) is 13.8 Å². The Morgan fingerprint density at radius 3 is 2.50 bits per heavy atom. The van der Waals surface area contributed by atoms with Crippen LogP contribution in [0.1, 0.15) is 27.7 Å². The molecule has 0 aliphatic heterocycles. The molecule has 0 aliphatic rings. The van der Waals surface area contributed by atoms with E-state index in [1.165, 1.54) is 6.08 Å². The molecule has 4 heteroatoms. The van der Waals surface area contributed by atoms with Gasteiger partial charge in [0.25, 0.3) is 0 Å². The lowest BCUT2D eigenvalue weighted by Crippen LogP contribution is -1.94. The van der Waals surface area contributed by atoms with E-state index in [1.807, 2.05) is 12.1 Å². The lowest BCUT2D eigenvalue weighted by Gasteiger charge is -1.93. The molecule has 1 heterocycles. The van der Waals surface area contributed by atoms with Crippen LogP contribution in [-0.2, 0) is 0 Å². The zero-order valence-corrected chi connectivity index (χ0v) is 10.9. The van der Waals surface area contributed by atoms with Crippen LogP contribution in [0.25, 0.3) is 6.08 Å². The largest absolute Gasteiger partial charge is 0.437 e. The Kier molecular flexibility index (Phi) is 3.63. The fraction of sp³-hybridized carbons (Fsp3) is 0.143. The molecule has 1 aromatic heterocycles. The summed E-state index contributed by atoms with van der Waals surface area (Å²) < 4.78 is 5.25. The topological polar surface area (TPSA) is 43.1 Å².